The maximum Gasteiger partial charge on any atom is 0.440 e. The maximum absolute atomic E-state index is 13.2. The van der Waals surface area contributed by atoms with E-state index in [-0.39, 0.29) is 19.1 Å². The Bertz CT molecular complexity index is 1600. The van der Waals surface area contributed by atoms with E-state index in [9.17, 15) is 19.5 Å². The molecular formula is C31H34N4O6. The van der Waals surface area contributed by atoms with Gasteiger partial charge >= 0.3 is 11.4 Å². The Hall–Kier alpha value is -4.41. The molecule has 1 fully saturated rings. The number of aromatic amines is 1. The molecular weight excluding hydrogens is 524 g/mol. The largest absolute Gasteiger partial charge is 0.489 e. The van der Waals surface area contributed by atoms with Gasteiger partial charge in [0.15, 0.2) is 0 Å². The Morgan fingerprint density at radius 3 is 2.54 bits per heavy atom. The van der Waals surface area contributed by atoms with Crippen LogP contribution in [0.25, 0.3) is 11.1 Å². The fraction of sp³-hybridized carbons (Fsp3) is 0.323. The number of H-pyrrole nitrogens is 1. The molecule has 2 heterocycles. The first kappa shape index (κ1) is 28.1. The van der Waals surface area contributed by atoms with E-state index in [4.69, 9.17) is 9.26 Å². The number of nitrogens with zero attached hydrogens (tertiary/aromatic N) is 3. The third kappa shape index (κ3) is 7.03. The molecule has 1 aliphatic rings. The Labute approximate surface area is 237 Å². The number of rotatable bonds is 9. The van der Waals surface area contributed by atoms with Gasteiger partial charge in [-0.2, -0.15) is 0 Å². The smallest absolute Gasteiger partial charge is 0.440 e. The molecule has 41 heavy (non-hydrogen) atoms. The third-order valence-electron chi connectivity index (χ3n) is 7.29. The highest BCUT2D eigenvalue weighted by Gasteiger charge is 2.20. The molecule has 10 heteroatoms. The van der Waals surface area contributed by atoms with Crippen LogP contribution >= 0.6 is 0 Å². The number of aryl methyl sites for hydroxylation is 1. The van der Waals surface area contributed by atoms with Crippen molar-refractivity contribution in [3.05, 3.63) is 110 Å². The lowest BCUT2D eigenvalue weighted by Gasteiger charge is -2.22. The van der Waals surface area contributed by atoms with Crippen LogP contribution in [-0.2, 0) is 13.2 Å². The van der Waals surface area contributed by atoms with E-state index >= 15 is 0 Å². The van der Waals surface area contributed by atoms with Crippen molar-refractivity contribution in [2.75, 3.05) is 39.3 Å². The van der Waals surface area contributed by atoms with Crippen LogP contribution in [0.4, 0.5) is 0 Å². The van der Waals surface area contributed by atoms with Gasteiger partial charge in [0, 0.05) is 31.7 Å². The van der Waals surface area contributed by atoms with Gasteiger partial charge in [-0.1, -0.05) is 36.4 Å². The topological polar surface area (TPSA) is 121 Å². The van der Waals surface area contributed by atoms with E-state index in [0.29, 0.717) is 31.0 Å². The quantitative estimate of drug-likeness (QED) is 0.324. The third-order valence-corrected chi connectivity index (χ3v) is 7.29. The molecule has 1 aromatic heterocycles. The SMILES string of the molecule is Cc1cc(C(=O)N2CCCN(CCO)CC2)ccc1-c1cccc(COc2ccc(Cn3oc(=O)[nH]c3=O)cc2)c1. The predicted molar refractivity (Wildman–Crippen MR) is 154 cm³/mol. The number of nitrogens with one attached hydrogen (secondary N) is 1. The molecule has 5 rings (SSSR count). The zero-order valence-corrected chi connectivity index (χ0v) is 23.0. The van der Waals surface area contributed by atoms with Gasteiger partial charge < -0.3 is 19.3 Å². The highest BCUT2D eigenvalue weighted by Crippen LogP contribution is 2.26. The van der Waals surface area contributed by atoms with Gasteiger partial charge in [0.2, 0.25) is 0 Å². The molecule has 1 aliphatic heterocycles. The minimum absolute atomic E-state index is 0.0448. The van der Waals surface area contributed by atoms with Crippen molar-refractivity contribution in [1.29, 1.82) is 0 Å². The van der Waals surface area contributed by atoms with Gasteiger partial charge in [0.05, 0.1) is 13.2 Å². The predicted octanol–water partition coefficient (Wildman–Crippen LogP) is 2.87. The number of aromatic nitrogens is 2. The number of aliphatic hydroxyl groups excluding tert-OH is 1. The van der Waals surface area contributed by atoms with Gasteiger partial charge in [-0.15, -0.1) is 4.74 Å². The van der Waals surface area contributed by atoms with Crippen LogP contribution in [0, 0.1) is 6.92 Å². The molecule has 2 N–H and O–H groups in total. The van der Waals surface area contributed by atoms with Gasteiger partial charge in [0.1, 0.15) is 12.4 Å². The highest BCUT2D eigenvalue weighted by atomic mass is 16.5. The second-order valence-corrected chi connectivity index (χ2v) is 10.2. The molecule has 4 aromatic rings. The van der Waals surface area contributed by atoms with Crippen LogP contribution < -0.4 is 16.2 Å². The van der Waals surface area contributed by atoms with Crippen LogP contribution in [-0.4, -0.2) is 69.9 Å². The van der Waals surface area contributed by atoms with Gasteiger partial charge in [-0.05, 0) is 78.0 Å². The summed E-state index contributed by atoms with van der Waals surface area (Å²) >= 11 is 0. The molecule has 10 nitrogen and oxygen atoms in total. The monoisotopic (exact) mass is 558 g/mol. The van der Waals surface area contributed by atoms with E-state index in [1.165, 1.54) is 0 Å². The van der Waals surface area contributed by atoms with Crippen LogP contribution in [0.5, 0.6) is 5.75 Å². The van der Waals surface area contributed by atoms with Crippen molar-refractivity contribution in [3.63, 3.8) is 0 Å². The second-order valence-electron chi connectivity index (χ2n) is 10.2. The molecule has 214 valence electrons. The van der Waals surface area contributed by atoms with Crippen molar-refractivity contribution in [2.24, 2.45) is 0 Å². The fourth-order valence-corrected chi connectivity index (χ4v) is 5.11. The number of amides is 1. The fourth-order valence-electron chi connectivity index (χ4n) is 5.11. The van der Waals surface area contributed by atoms with E-state index in [1.807, 2.05) is 72.5 Å². The number of hydrogen-bond acceptors (Lipinski definition) is 7. The first-order chi connectivity index (χ1) is 19.9. The molecule has 1 amide bonds. The Balaban J connectivity index is 1.21. The summed E-state index contributed by atoms with van der Waals surface area (Å²) in [6, 6.07) is 21.3. The second kappa shape index (κ2) is 12.8. The normalized spacial score (nSPS) is 14.1. The average Bonchev–Trinajstić information content (AvgIpc) is 3.14. The van der Waals surface area contributed by atoms with Crippen molar-refractivity contribution in [2.45, 2.75) is 26.5 Å². The number of hydrogen-bond donors (Lipinski definition) is 2. The molecule has 1 saturated heterocycles. The lowest BCUT2D eigenvalue weighted by molar-refractivity contribution is 0.0760. The van der Waals surface area contributed by atoms with E-state index in [0.717, 1.165) is 58.6 Å². The molecule has 0 aliphatic carbocycles. The Morgan fingerprint density at radius 2 is 1.80 bits per heavy atom. The summed E-state index contributed by atoms with van der Waals surface area (Å²) in [7, 11) is 0. The Morgan fingerprint density at radius 1 is 0.976 bits per heavy atom. The standard InChI is InChI=1S/C31H34N4O6/c1-22-18-26(29(37)34-13-3-12-33(14-15-34)16-17-36)8-11-28(22)25-5-2-4-24(19-25)21-40-27-9-6-23(7-10-27)20-35-30(38)32-31(39)41-35/h2,4-11,18-19,36H,3,12-17,20-21H2,1H3,(H,32,38,39). The summed E-state index contributed by atoms with van der Waals surface area (Å²) < 4.78 is 11.8. The van der Waals surface area contributed by atoms with Crippen molar-refractivity contribution in [3.8, 4) is 16.9 Å². The number of ether oxygens (including phenoxy) is 1. The van der Waals surface area contributed by atoms with Crippen LogP contribution in [0.3, 0.4) is 0 Å². The Kier molecular flexibility index (Phi) is 8.81. The first-order valence-electron chi connectivity index (χ1n) is 13.7. The summed E-state index contributed by atoms with van der Waals surface area (Å²) in [5.74, 6) is -0.0610. The van der Waals surface area contributed by atoms with Crippen LogP contribution in [0.2, 0.25) is 0 Å². The summed E-state index contributed by atoms with van der Waals surface area (Å²) in [6.07, 6.45) is 0.899. The molecule has 0 unspecified atom stereocenters. The summed E-state index contributed by atoms with van der Waals surface area (Å²) in [4.78, 5) is 42.2. The number of benzene rings is 3. The number of β-amino-alcohol motifs (C(OH)–C–C–N with tert-alkyl or cyclic N) is 1. The zero-order valence-electron chi connectivity index (χ0n) is 23.0. The van der Waals surface area contributed by atoms with E-state index in [2.05, 4.69) is 16.0 Å². The minimum atomic E-state index is -0.781. The van der Waals surface area contributed by atoms with Crippen LogP contribution in [0.15, 0.2) is 80.8 Å². The van der Waals surface area contributed by atoms with Gasteiger partial charge in [0.25, 0.3) is 5.91 Å². The van der Waals surface area contributed by atoms with Crippen molar-refractivity contribution < 1.29 is 19.2 Å². The number of carbonyl (C=O) groups is 1. The molecule has 0 atom stereocenters. The number of aliphatic hydroxyl groups is 1. The average molecular weight is 559 g/mol. The van der Waals surface area contributed by atoms with Gasteiger partial charge in [-0.25, -0.2) is 14.6 Å². The van der Waals surface area contributed by atoms with Crippen molar-refractivity contribution >= 4 is 5.91 Å². The highest BCUT2D eigenvalue weighted by molar-refractivity contribution is 5.95. The summed E-state index contributed by atoms with van der Waals surface area (Å²) in [5.41, 5.74) is 5.03. The number of carbonyl (C=O) groups excluding carboxylic acids is 1. The lowest BCUT2D eigenvalue weighted by Crippen LogP contribution is -2.35. The molecule has 0 bridgehead atoms. The summed E-state index contributed by atoms with van der Waals surface area (Å²) in [6.45, 7) is 6.37. The maximum atomic E-state index is 13.2. The van der Waals surface area contributed by atoms with E-state index < -0.39 is 11.4 Å². The van der Waals surface area contributed by atoms with Crippen LogP contribution in [0.1, 0.15) is 33.5 Å². The summed E-state index contributed by atoms with van der Waals surface area (Å²) in [5, 5.41) is 9.22. The van der Waals surface area contributed by atoms with Gasteiger partial charge in [-0.3, -0.25) is 9.69 Å². The first-order valence-corrected chi connectivity index (χ1v) is 13.7. The molecule has 0 spiro atoms. The lowest BCUT2D eigenvalue weighted by atomic mass is 9.97. The van der Waals surface area contributed by atoms with Crippen molar-refractivity contribution in [1.82, 2.24) is 19.5 Å². The molecule has 3 aromatic carbocycles. The molecule has 0 radical (unpaired) electrons. The zero-order chi connectivity index (χ0) is 28.8. The van der Waals surface area contributed by atoms with E-state index in [1.54, 1.807) is 0 Å². The molecule has 0 saturated carbocycles. The minimum Gasteiger partial charge on any atom is -0.489 e.